The average molecular weight is 455 g/mol. The van der Waals surface area contributed by atoms with Gasteiger partial charge in [0.1, 0.15) is 5.82 Å². The Kier molecular flexibility index (Phi) is 14.7. The van der Waals surface area contributed by atoms with E-state index in [0.29, 0.717) is 0 Å². The van der Waals surface area contributed by atoms with Crippen LogP contribution in [0.1, 0.15) is 19.8 Å². The summed E-state index contributed by atoms with van der Waals surface area (Å²) >= 11 is 1.73. The van der Waals surface area contributed by atoms with Gasteiger partial charge in [-0.3, -0.25) is 4.99 Å². The van der Waals surface area contributed by atoms with Crippen LogP contribution in [0, 0.1) is 5.82 Å². The zero-order valence-corrected chi connectivity index (χ0v) is 17.0. The lowest BCUT2D eigenvalue weighted by Gasteiger charge is -2.10. The Labute approximate surface area is 160 Å². The Morgan fingerprint density at radius 1 is 1.22 bits per heavy atom. The minimum absolute atomic E-state index is 0. The molecule has 0 saturated heterocycles. The van der Waals surface area contributed by atoms with Gasteiger partial charge in [-0.1, -0.05) is 0 Å². The fraction of sp³-hybridized carbons (Fsp3) is 0.562. The van der Waals surface area contributed by atoms with Gasteiger partial charge < -0.3 is 15.4 Å². The zero-order valence-electron chi connectivity index (χ0n) is 13.8. The quantitative estimate of drug-likeness (QED) is 0.186. The minimum Gasteiger partial charge on any atom is -0.385 e. The Hall–Kier alpha value is -0.540. The molecular weight excluding hydrogens is 428 g/mol. The molecule has 1 aromatic rings. The largest absolute Gasteiger partial charge is 0.385 e. The summed E-state index contributed by atoms with van der Waals surface area (Å²) in [6.07, 6.45) is 1.94. The van der Waals surface area contributed by atoms with Crippen molar-refractivity contribution in [2.45, 2.75) is 24.7 Å². The molecule has 0 aromatic heterocycles. The normalized spacial score (nSPS) is 11.0. The molecule has 0 aliphatic rings. The first kappa shape index (κ1) is 22.5. The molecule has 7 heteroatoms. The highest BCUT2D eigenvalue weighted by atomic mass is 127. The number of hydrogen-bond donors (Lipinski definition) is 2. The molecule has 4 nitrogen and oxygen atoms in total. The van der Waals surface area contributed by atoms with Gasteiger partial charge in [0, 0.05) is 38.2 Å². The molecule has 0 spiro atoms. The third kappa shape index (κ3) is 11.6. The highest BCUT2D eigenvalue weighted by Gasteiger charge is 1.97. The first-order valence-electron chi connectivity index (χ1n) is 7.65. The molecule has 0 radical (unpaired) electrons. The molecule has 0 aliphatic heterocycles. The summed E-state index contributed by atoms with van der Waals surface area (Å²) in [4.78, 5) is 5.63. The van der Waals surface area contributed by atoms with E-state index in [1.165, 1.54) is 12.1 Å². The molecular formula is C16H27FIN3OS. The van der Waals surface area contributed by atoms with Crippen molar-refractivity contribution >= 4 is 41.7 Å². The topological polar surface area (TPSA) is 45.7 Å². The van der Waals surface area contributed by atoms with Crippen molar-refractivity contribution in [1.82, 2.24) is 10.6 Å². The van der Waals surface area contributed by atoms with Crippen molar-refractivity contribution < 1.29 is 9.13 Å². The summed E-state index contributed by atoms with van der Waals surface area (Å²) in [6, 6.07) is 6.61. The van der Waals surface area contributed by atoms with E-state index < -0.39 is 0 Å². The van der Waals surface area contributed by atoms with E-state index in [2.05, 4.69) is 22.5 Å². The third-order valence-electron chi connectivity index (χ3n) is 2.82. The number of nitrogens with one attached hydrogen (secondary N) is 2. The summed E-state index contributed by atoms with van der Waals surface area (Å²) in [7, 11) is 1.71. The molecule has 0 bridgehead atoms. The number of methoxy groups -OCH3 is 1. The van der Waals surface area contributed by atoms with Crippen LogP contribution >= 0.6 is 35.7 Å². The van der Waals surface area contributed by atoms with Gasteiger partial charge in [0.25, 0.3) is 0 Å². The minimum atomic E-state index is -0.191. The third-order valence-corrected chi connectivity index (χ3v) is 3.91. The second-order valence-electron chi connectivity index (χ2n) is 4.69. The maximum atomic E-state index is 12.8. The first-order valence-corrected chi connectivity index (χ1v) is 8.64. The van der Waals surface area contributed by atoms with E-state index in [-0.39, 0.29) is 29.8 Å². The number of aliphatic imine (C=N–C) groups is 1. The lowest BCUT2D eigenvalue weighted by atomic mass is 10.4. The number of halogens is 2. The molecule has 0 heterocycles. The van der Waals surface area contributed by atoms with Crippen molar-refractivity contribution in [1.29, 1.82) is 0 Å². The van der Waals surface area contributed by atoms with Crippen molar-refractivity contribution in [2.75, 3.05) is 39.1 Å². The van der Waals surface area contributed by atoms with Gasteiger partial charge in [0.2, 0.25) is 0 Å². The summed E-state index contributed by atoms with van der Waals surface area (Å²) in [6.45, 7) is 5.27. The number of nitrogens with zero attached hydrogens (tertiary/aromatic N) is 1. The van der Waals surface area contributed by atoms with E-state index in [4.69, 9.17) is 4.74 Å². The van der Waals surface area contributed by atoms with Gasteiger partial charge in [-0.25, -0.2) is 4.39 Å². The van der Waals surface area contributed by atoms with Crippen LogP contribution in [0.15, 0.2) is 34.2 Å². The average Bonchev–Trinajstić information content (AvgIpc) is 2.53. The van der Waals surface area contributed by atoms with E-state index in [1.807, 2.05) is 12.1 Å². The van der Waals surface area contributed by atoms with Gasteiger partial charge in [0.15, 0.2) is 5.96 Å². The van der Waals surface area contributed by atoms with Crippen LogP contribution in [0.2, 0.25) is 0 Å². The fourth-order valence-corrected chi connectivity index (χ4v) is 2.58. The van der Waals surface area contributed by atoms with E-state index in [9.17, 15) is 4.39 Å². The smallest absolute Gasteiger partial charge is 0.191 e. The standard InChI is InChI=1S/C16H26FN3OS.HI/c1-3-18-16(19-10-4-12-21-2)20-11-5-13-22-15-8-6-14(17)7-9-15;/h6-9H,3-5,10-13H2,1-2H3,(H2,18,19,20);1H. The molecule has 1 rings (SSSR count). The summed E-state index contributed by atoms with van der Waals surface area (Å²) < 4.78 is 17.8. The number of thioether (sulfide) groups is 1. The Morgan fingerprint density at radius 3 is 2.61 bits per heavy atom. The van der Waals surface area contributed by atoms with Crippen molar-refractivity contribution in [3.05, 3.63) is 30.1 Å². The summed E-state index contributed by atoms with van der Waals surface area (Å²) in [5, 5.41) is 6.50. The SMILES string of the molecule is CCNC(=NCCCSc1ccc(F)cc1)NCCCOC.I. The van der Waals surface area contributed by atoms with Crippen LogP contribution in [-0.2, 0) is 4.74 Å². The van der Waals surface area contributed by atoms with Crippen molar-refractivity contribution in [3.8, 4) is 0 Å². The Morgan fingerprint density at radius 2 is 1.96 bits per heavy atom. The molecule has 23 heavy (non-hydrogen) atoms. The van der Waals surface area contributed by atoms with Crippen molar-refractivity contribution in [2.24, 2.45) is 4.99 Å². The monoisotopic (exact) mass is 455 g/mol. The van der Waals surface area contributed by atoms with Crippen LogP contribution in [0.3, 0.4) is 0 Å². The predicted molar refractivity (Wildman–Crippen MR) is 108 cm³/mol. The second kappa shape index (κ2) is 15.0. The molecule has 1 aromatic carbocycles. The highest BCUT2D eigenvalue weighted by Crippen LogP contribution is 2.18. The van der Waals surface area contributed by atoms with Gasteiger partial charge in [-0.05, 0) is 49.8 Å². The Bertz CT molecular complexity index is 432. The van der Waals surface area contributed by atoms with Crippen LogP contribution in [0.5, 0.6) is 0 Å². The van der Waals surface area contributed by atoms with Crippen LogP contribution < -0.4 is 10.6 Å². The number of ether oxygens (including phenoxy) is 1. The number of benzene rings is 1. The van der Waals surface area contributed by atoms with Gasteiger partial charge >= 0.3 is 0 Å². The molecule has 0 saturated carbocycles. The summed E-state index contributed by atoms with van der Waals surface area (Å²) in [5.74, 6) is 1.63. The molecule has 0 fully saturated rings. The lowest BCUT2D eigenvalue weighted by Crippen LogP contribution is -2.38. The fourth-order valence-electron chi connectivity index (χ4n) is 1.74. The van der Waals surface area contributed by atoms with E-state index >= 15 is 0 Å². The van der Waals surface area contributed by atoms with Crippen molar-refractivity contribution in [3.63, 3.8) is 0 Å². The highest BCUT2D eigenvalue weighted by molar-refractivity contribution is 14.0. The van der Waals surface area contributed by atoms with Crippen LogP contribution in [-0.4, -0.2) is 45.1 Å². The first-order chi connectivity index (χ1) is 10.8. The maximum absolute atomic E-state index is 12.8. The zero-order chi connectivity index (χ0) is 16.0. The summed E-state index contributed by atoms with van der Waals surface area (Å²) in [5.41, 5.74) is 0. The molecule has 0 amide bonds. The molecule has 0 aliphatic carbocycles. The van der Waals surface area contributed by atoms with Gasteiger partial charge in [-0.15, -0.1) is 35.7 Å². The number of hydrogen-bond acceptors (Lipinski definition) is 3. The molecule has 132 valence electrons. The molecule has 2 N–H and O–H groups in total. The molecule has 0 atom stereocenters. The number of guanidine groups is 1. The maximum Gasteiger partial charge on any atom is 0.191 e. The van der Waals surface area contributed by atoms with Gasteiger partial charge in [-0.2, -0.15) is 0 Å². The lowest BCUT2D eigenvalue weighted by molar-refractivity contribution is 0.195. The van der Waals surface area contributed by atoms with Gasteiger partial charge in [0.05, 0.1) is 0 Å². The van der Waals surface area contributed by atoms with E-state index in [1.54, 1.807) is 18.9 Å². The Balaban J connectivity index is 0.00000484. The van der Waals surface area contributed by atoms with Crippen LogP contribution in [0.4, 0.5) is 4.39 Å². The molecule has 0 unspecified atom stereocenters. The second-order valence-corrected chi connectivity index (χ2v) is 5.86. The predicted octanol–water partition coefficient (Wildman–Crippen LogP) is 3.52. The number of rotatable bonds is 10. The van der Waals surface area contributed by atoms with Crippen LogP contribution in [0.25, 0.3) is 0 Å². The van der Waals surface area contributed by atoms with E-state index in [0.717, 1.165) is 55.7 Å².